The molecular formula is C26H23BrN4O3. The number of aromatic nitrogens is 1. The number of amides is 3. The predicted octanol–water partition coefficient (Wildman–Crippen LogP) is 4.91. The van der Waals surface area contributed by atoms with Crippen LogP contribution in [-0.4, -0.2) is 22.4 Å². The minimum absolute atomic E-state index is 0.187. The van der Waals surface area contributed by atoms with Gasteiger partial charge in [0.2, 0.25) is 0 Å². The van der Waals surface area contributed by atoms with Gasteiger partial charge in [0.25, 0.3) is 5.91 Å². The van der Waals surface area contributed by atoms with Crippen molar-refractivity contribution in [1.29, 1.82) is 0 Å². The van der Waals surface area contributed by atoms with Crippen LogP contribution in [0.3, 0.4) is 0 Å². The third-order valence-corrected chi connectivity index (χ3v) is 5.83. The van der Waals surface area contributed by atoms with Crippen molar-refractivity contribution in [2.24, 2.45) is 0 Å². The number of aryl methyl sites for hydroxylation is 1. The molecule has 0 radical (unpaired) electrons. The number of hydrogen-bond donors (Lipinski definition) is 3. The van der Waals surface area contributed by atoms with E-state index in [1.165, 1.54) is 4.68 Å². The molecule has 3 amide bonds. The molecule has 34 heavy (non-hydrogen) atoms. The number of fused-ring (bicyclic) bond motifs is 1. The predicted molar refractivity (Wildman–Crippen MR) is 136 cm³/mol. The monoisotopic (exact) mass is 518 g/mol. The van der Waals surface area contributed by atoms with E-state index in [1.54, 1.807) is 31.2 Å². The van der Waals surface area contributed by atoms with Crippen LogP contribution in [0.15, 0.2) is 83.3 Å². The van der Waals surface area contributed by atoms with Crippen molar-refractivity contribution in [1.82, 2.24) is 9.99 Å². The van der Waals surface area contributed by atoms with E-state index in [9.17, 15) is 14.4 Å². The normalized spacial score (nSPS) is 11.6. The topological polar surface area (TPSA) is 92.2 Å². The molecule has 172 valence electrons. The van der Waals surface area contributed by atoms with Crippen LogP contribution in [0.5, 0.6) is 0 Å². The van der Waals surface area contributed by atoms with Gasteiger partial charge < -0.3 is 10.6 Å². The van der Waals surface area contributed by atoms with E-state index in [0.29, 0.717) is 11.2 Å². The Morgan fingerprint density at radius 3 is 2.38 bits per heavy atom. The molecular weight excluding hydrogens is 496 g/mol. The molecule has 1 aromatic heterocycles. The van der Waals surface area contributed by atoms with Gasteiger partial charge in [0.15, 0.2) is 0 Å². The molecule has 0 unspecified atom stereocenters. The van der Waals surface area contributed by atoms with Crippen molar-refractivity contribution in [2.75, 3.05) is 10.7 Å². The van der Waals surface area contributed by atoms with E-state index >= 15 is 0 Å². The number of hydrogen-bond acceptors (Lipinski definition) is 3. The van der Waals surface area contributed by atoms with Crippen molar-refractivity contribution in [3.8, 4) is 0 Å². The summed E-state index contributed by atoms with van der Waals surface area (Å²) in [6.45, 7) is 3.73. The van der Waals surface area contributed by atoms with Crippen LogP contribution in [0.1, 0.15) is 34.6 Å². The summed E-state index contributed by atoms with van der Waals surface area (Å²) in [6, 6.07) is 23.4. The standard InChI is InChI=1S/C26H23BrN4O3/c1-16-7-6-10-21(13-16)29-24(32)23-15-19-14-20(27)11-12-22(19)31(23)30-26(34)25(33)28-17(2)18-8-4-3-5-9-18/h3-15,17H,1-2H3,(H,28,33)(H,29,32)(H,30,34)/t17-/m1/s1. The summed E-state index contributed by atoms with van der Waals surface area (Å²) in [5.41, 5.74) is 5.84. The maximum atomic E-state index is 13.1. The van der Waals surface area contributed by atoms with Crippen molar-refractivity contribution >= 4 is 50.2 Å². The molecule has 0 aliphatic rings. The lowest BCUT2D eigenvalue weighted by Gasteiger charge is -2.16. The van der Waals surface area contributed by atoms with E-state index in [0.717, 1.165) is 21.0 Å². The van der Waals surface area contributed by atoms with Gasteiger partial charge >= 0.3 is 11.8 Å². The van der Waals surface area contributed by atoms with Gasteiger partial charge in [-0.3, -0.25) is 19.8 Å². The Hall–Kier alpha value is -3.91. The van der Waals surface area contributed by atoms with Gasteiger partial charge in [-0.15, -0.1) is 0 Å². The quantitative estimate of drug-likeness (QED) is 0.327. The first-order valence-corrected chi connectivity index (χ1v) is 11.5. The van der Waals surface area contributed by atoms with Gasteiger partial charge in [-0.1, -0.05) is 58.4 Å². The largest absolute Gasteiger partial charge is 0.341 e. The number of carbonyl (C=O) groups excluding carboxylic acids is 3. The lowest BCUT2D eigenvalue weighted by Crippen LogP contribution is -2.40. The molecule has 1 atom stereocenters. The summed E-state index contributed by atoms with van der Waals surface area (Å²) in [7, 11) is 0. The van der Waals surface area contributed by atoms with Crippen molar-refractivity contribution in [3.05, 3.63) is 100 Å². The lowest BCUT2D eigenvalue weighted by molar-refractivity contribution is -0.137. The van der Waals surface area contributed by atoms with E-state index in [4.69, 9.17) is 0 Å². The zero-order valence-corrected chi connectivity index (χ0v) is 20.2. The number of benzene rings is 3. The van der Waals surface area contributed by atoms with Crippen LogP contribution >= 0.6 is 15.9 Å². The Kier molecular flexibility index (Phi) is 6.79. The van der Waals surface area contributed by atoms with Crippen LogP contribution in [-0.2, 0) is 9.59 Å². The van der Waals surface area contributed by atoms with Crippen LogP contribution in [0.25, 0.3) is 10.9 Å². The molecule has 3 N–H and O–H groups in total. The highest BCUT2D eigenvalue weighted by Gasteiger charge is 2.22. The smallest absolute Gasteiger partial charge is 0.328 e. The minimum Gasteiger partial charge on any atom is -0.341 e. The first-order valence-electron chi connectivity index (χ1n) is 10.7. The SMILES string of the molecule is Cc1cccc(NC(=O)c2cc3cc(Br)ccc3n2NC(=O)C(=O)N[C@H](C)c2ccccc2)c1. The molecule has 8 heteroatoms. The van der Waals surface area contributed by atoms with E-state index in [2.05, 4.69) is 32.0 Å². The van der Waals surface area contributed by atoms with Gasteiger partial charge in [0, 0.05) is 15.5 Å². The van der Waals surface area contributed by atoms with Crippen LogP contribution < -0.4 is 16.1 Å². The van der Waals surface area contributed by atoms with E-state index < -0.39 is 17.7 Å². The Balaban J connectivity index is 1.59. The molecule has 4 aromatic rings. The number of nitrogens with zero attached hydrogens (tertiary/aromatic N) is 1. The third-order valence-electron chi connectivity index (χ3n) is 5.34. The number of anilines is 1. The highest BCUT2D eigenvalue weighted by Crippen LogP contribution is 2.24. The van der Waals surface area contributed by atoms with Gasteiger partial charge in [-0.25, -0.2) is 4.68 Å². The molecule has 0 aliphatic heterocycles. The van der Waals surface area contributed by atoms with Crippen LogP contribution in [0.2, 0.25) is 0 Å². The summed E-state index contributed by atoms with van der Waals surface area (Å²) in [6.07, 6.45) is 0. The average molecular weight is 519 g/mol. The number of rotatable bonds is 5. The molecule has 3 aromatic carbocycles. The molecule has 0 aliphatic carbocycles. The fraction of sp³-hybridized carbons (Fsp3) is 0.115. The van der Waals surface area contributed by atoms with E-state index in [1.807, 2.05) is 61.5 Å². The Labute approximate surface area is 205 Å². The zero-order chi connectivity index (χ0) is 24.2. The zero-order valence-electron chi connectivity index (χ0n) is 18.6. The summed E-state index contributed by atoms with van der Waals surface area (Å²) < 4.78 is 2.16. The van der Waals surface area contributed by atoms with Crippen LogP contribution in [0.4, 0.5) is 5.69 Å². The molecule has 4 rings (SSSR count). The summed E-state index contributed by atoms with van der Waals surface area (Å²) in [5.74, 6) is -2.11. The minimum atomic E-state index is -0.882. The van der Waals surface area contributed by atoms with Crippen molar-refractivity contribution in [3.63, 3.8) is 0 Å². The molecule has 1 heterocycles. The second-order valence-corrected chi connectivity index (χ2v) is 8.85. The van der Waals surface area contributed by atoms with Crippen molar-refractivity contribution in [2.45, 2.75) is 19.9 Å². The molecule has 0 fully saturated rings. The Morgan fingerprint density at radius 2 is 1.65 bits per heavy atom. The number of carbonyl (C=O) groups is 3. The van der Waals surface area contributed by atoms with E-state index in [-0.39, 0.29) is 11.7 Å². The fourth-order valence-electron chi connectivity index (χ4n) is 3.63. The van der Waals surface area contributed by atoms with Gasteiger partial charge in [-0.2, -0.15) is 0 Å². The van der Waals surface area contributed by atoms with Gasteiger partial charge in [0.1, 0.15) is 5.69 Å². The number of halogens is 1. The summed E-state index contributed by atoms with van der Waals surface area (Å²) in [4.78, 5) is 38.5. The highest BCUT2D eigenvalue weighted by atomic mass is 79.9. The Morgan fingerprint density at radius 1 is 0.882 bits per heavy atom. The summed E-state index contributed by atoms with van der Waals surface area (Å²) in [5, 5.41) is 6.26. The maximum absolute atomic E-state index is 13.1. The molecule has 7 nitrogen and oxygen atoms in total. The highest BCUT2D eigenvalue weighted by molar-refractivity contribution is 9.10. The molecule has 0 spiro atoms. The summed E-state index contributed by atoms with van der Waals surface area (Å²) >= 11 is 3.43. The number of nitrogens with one attached hydrogen (secondary N) is 3. The second kappa shape index (κ2) is 9.93. The Bertz CT molecular complexity index is 1380. The molecule has 0 bridgehead atoms. The van der Waals surface area contributed by atoms with Crippen molar-refractivity contribution < 1.29 is 14.4 Å². The first kappa shape index (κ1) is 23.3. The molecule has 0 saturated carbocycles. The first-order chi connectivity index (χ1) is 16.3. The fourth-order valence-corrected chi connectivity index (χ4v) is 4.01. The average Bonchev–Trinajstić information content (AvgIpc) is 3.17. The lowest BCUT2D eigenvalue weighted by atomic mass is 10.1. The molecule has 0 saturated heterocycles. The van der Waals surface area contributed by atoms with Gasteiger partial charge in [0.05, 0.1) is 11.6 Å². The maximum Gasteiger partial charge on any atom is 0.328 e. The second-order valence-electron chi connectivity index (χ2n) is 7.94. The third kappa shape index (κ3) is 5.18. The van der Waals surface area contributed by atoms with Crippen LogP contribution in [0, 0.1) is 6.92 Å². The van der Waals surface area contributed by atoms with Gasteiger partial charge in [-0.05, 0) is 61.4 Å².